The van der Waals surface area contributed by atoms with Gasteiger partial charge >= 0.3 is 0 Å². The maximum absolute atomic E-state index is 12.0. The Bertz CT molecular complexity index is 628. The number of hydrogen-bond donors (Lipinski definition) is 1. The van der Waals surface area contributed by atoms with E-state index < -0.39 is 0 Å². The Kier molecular flexibility index (Phi) is 5.28. The number of hydrogen-bond acceptors (Lipinski definition) is 4. The zero-order valence-corrected chi connectivity index (χ0v) is 14.7. The first-order chi connectivity index (χ1) is 11.2. The fourth-order valence-electron chi connectivity index (χ4n) is 3.03. The van der Waals surface area contributed by atoms with Crippen molar-refractivity contribution >= 4 is 27.5 Å². The minimum atomic E-state index is 0.151. The normalized spacial score (nSPS) is 18.2. The smallest absolute Gasteiger partial charge is 0.234 e. The largest absolute Gasteiger partial charge is 0.353 e. The van der Waals surface area contributed by atoms with Crippen LogP contribution in [0.3, 0.4) is 0 Å². The summed E-state index contributed by atoms with van der Waals surface area (Å²) in [7, 11) is 0. The number of nitrogens with one attached hydrogen (secondary N) is 1. The molecule has 1 saturated heterocycles. The lowest BCUT2D eigenvalue weighted by atomic mass is 9.97. The van der Waals surface area contributed by atoms with Gasteiger partial charge in [0.15, 0.2) is 0 Å². The van der Waals surface area contributed by atoms with E-state index in [0.29, 0.717) is 12.5 Å². The number of para-hydroxylation sites is 1. The summed E-state index contributed by atoms with van der Waals surface area (Å²) in [6, 6.07) is 8.62. The first-order valence-corrected chi connectivity index (χ1v) is 9.34. The Morgan fingerprint density at radius 3 is 2.83 bits per heavy atom. The van der Waals surface area contributed by atoms with E-state index in [0.717, 1.165) is 37.9 Å². The van der Waals surface area contributed by atoms with Crippen LogP contribution in [-0.4, -0.2) is 41.5 Å². The fourth-order valence-corrected chi connectivity index (χ4v) is 4.16. The topological polar surface area (TPSA) is 45.2 Å². The van der Waals surface area contributed by atoms with E-state index in [1.54, 1.807) is 0 Å². The summed E-state index contributed by atoms with van der Waals surface area (Å²) in [5.74, 6) is 0.694. The van der Waals surface area contributed by atoms with Crippen molar-refractivity contribution in [2.75, 3.05) is 19.6 Å². The molecule has 23 heavy (non-hydrogen) atoms. The van der Waals surface area contributed by atoms with Crippen LogP contribution in [0.5, 0.6) is 0 Å². The minimum Gasteiger partial charge on any atom is -0.353 e. The van der Waals surface area contributed by atoms with E-state index in [-0.39, 0.29) is 11.9 Å². The Morgan fingerprint density at radius 2 is 2.13 bits per heavy atom. The van der Waals surface area contributed by atoms with Crippen LogP contribution in [0, 0.1) is 0 Å². The number of benzene rings is 1. The van der Waals surface area contributed by atoms with Gasteiger partial charge in [-0.15, -0.1) is 11.3 Å². The van der Waals surface area contributed by atoms with E-state index in [1.807, 2.05) is 17.4 Å². The van der Waals surface area contributed by atoms with Gasteiger partial charge in [0.05, 0.1) is 21.8 Å². The third kappa shape index (κ3) is 4.09. The monoisotopic (exact) mass is 331 g/mol. The van der Waals surface area contributed by atoms with Gasteiger partial charge in [-0.1, -0.05) is 19.1 Å². The Labute approximate surface area is 141 Å². The molecule has 1 atom stereocenters. The molecule has 1 fully saturated rings. The predicted molar refractivity (Wildman–Crippen MR) is 95.9 cm³/mol. The highest BCUT2D eigenvalue weighted by atomic mass is 32.1. The summed E-state index contributed by atoms with van der Waals surface area (Å²) in [6.45, 7) is 6.63. The van der Waals surface area contributed by atoms with Crippen molar-refractivity contribution in [3.63, 3.8) is 0 Å². The van der Waals surface area contributed by atoms with Crippen molar-refractivity contribution in [1.29, 1.82) is 0 Å². The molecule has 124 valence electrons. The number of carbonyl (C=O) groups excluding carboxylic acids is 1. The highest BCUT2D eigenvalue weighted by Gasteiger charge is 2.24. The van der Waals surface area contributed by atoms with Gasteiger partial charge in [0, 0.05) is 12.0 Å². The number of likely N-dealkylation sites (tertiary alicyclic amines) is 1. The number of thiazole rings is 1. The van der Waals surface area contributed by atoms with Gasteiger partial charge < -0.3 is 5.32 Å². The summed E-state index contributed by atoms with van der Waals surface area (Å²) in [5, 5.41) is 4.31. The number of nitrogens with zero attached hydrogens (tertiary/aromatic N) is 2. The summed E-state index contributed by atoms with van der Waals surface area (Å²) in [6.07, 6.45) is 3.16. The molecule has 1 aromatic heterocycles. The first-order valence-electron chi connectivity index (χ1n) is 8.53. The molecule has 2 aromatic rings. The van der Waals surface area contributed by atoms with Crippen molar-refractivity contribution in [2.45, 2.75) is 45.1 Å². The average Bonchev–Trinajstić information content (AvgIpc) is 2.99. The van der Waals surface area contributed by atoms with Gasteiger partial charge in [0.2, 0.25) is 5.91 Å². The molecule has 0 bridgehead atoms. The number of aromatic nitrogens is 1. The maximum Gasteiger partial charge on any atom is 0.234 e. The second kappa shape index (κ2) is 7.41. The van der Waals surface area contributed by atoms with Crippen molar-refractivity contribution < 1.29 is 4.79 Å². The molecule has 3 rings (SSSR count). The first kappa shape index (κ1) is 16.4. The Morgan fingerprint density at radius 1 is 1.39 bits per heavy atom. The summed E-state index contributed by atoms with van der Waals surface area (Å²) < 4.78 is 1.28. The zero-order valence-electron chi connectivity index (χ0n) is 13.9. The molecule has 1 aromatic carbocycles. The predicted octanol–water partition coefficient (Wildman–Crippen LogP) is 3.39. The van der Waals surface area contributed by atoms with Gasteiger partial charge in [-0.3, -0.25) is 9.69 Å². The number of carbonyl (C=O) groups is 1. The van der Waals surface area contributed by atoms with Crippen LogP contribution in [0.4, 0.5) is 0 Å². The van der Waals surface area contributed by atoms with Crippen molar-refractivity contribution in [2.24, 2.45) is 0 Å². The van der Waals surface area contributed by atoms with Gasteiger partial charge in [-0.25, -0.2) is 4.98 Å². The molecule has 2 heterocycles. The van der Waals surface area contributed by atoms with Crippen molar-refractivity contribution in [1.82, 2.24) is 15.2 Å². The van der Waals surface area contributed by atoms with Gasteiger partial charge in [-0.05, 0) is 51.4 Å². The molecule has 1 aliphatic heterocycles. The van der Waals surface area contributed by atoms with Crippen LogP contribution in [0.2, 0.25) is 0 Å². The van der Waals surface area contributed by atoms with Crippen LogP contribution in [0.1, 0.15) is 44.0 Å². The van der Waals surface area contributed by atoms with Crippen LogP contribution in [0.15, 0.2) is 24.3 Å². The van der Waals surface area contributed by atoms with E-state index in [2.05, 4.69) is 42.3 Å². The molecular weight excluding hydrogens is 306 g/mol. The second-order valence-corrected chi connectivity index (χ2v) is 7.51. The van der Waals surface area contributed by atoms with Gasteiger partial charge in [0.25, 0.3) is 0 Å². The molecule has 0 spiro atoms. The molecule has 1 aliphatic rings. The highest BCUT2D eigenvalue weighted by Crippen LogP contribution is 2.33. The van der Waals surface area contributed by atoms with Gasteiger partial charge in [-0.2, -0.15) is 0 Å². The van der Waals surface area contributed by atoms with Crippen LogP contribution >= 0.6 is 11.3 Å². The number of piperidine rings is 1. The molecule has 0 saturated carbocycles. The van der Waals surface area contributed by atoms with E-state index >= 15 is 0 Å². The van der Waals surface area contributed by atoms with Crippen LogP contribution in [-0.2, 0) is 4.79 Å². The van der Waals surface area contributed by atoms with Crippen LogP contribution < -0.4 is 5.32 Å². The molecular formula is C18H25N3OS. The minimum absolute atomic E-state index is 0.151. The van der Waals surface area contributed by atoms with E-state index in [9.17, 15) is 4.79 Å². The lowest BCUT2D eigenvalue weighted by Crippen LogP contribution is -2.43. The van der Waals surface area contributed by atoms with Gasteiger partial charge in [0.1, 0.15) is 0 Å². The molecule has 4 nitrogen and oxygen atoms in total. The van der Waals surface area contributed by atoms with E-state index in [1.165, 1.54) is 9.71 Å². The molecule has 0 radical (unpaired) electrons. The lowest BCUT2D eigenvalue weighted by molar-refractivity contribution is -0.123. The molecule has 5 heteroatoms. The summed E-state index contributed by atoms with van der Waals surface area (Å²) in [5.41, 5.74) is 1.11. The second-order valence-electron chi connectivity index (χ2n) is 6.45. The molecule has 1 unspecified atom stereocenters. The highest BCUT2D eigenvalue weighted by molar-refractivity contribution is 7.18. The molecule has 1 amide bonds. The third-order valence-electron chi connectivity index (χ3n) is 4.63. The lowest BCUT2D eigenvalue weighted by Gasteiger charge is -2.30. The molecule has 1 N–H and O–H groups in total. The summed E-state index contributed by atoms with van der Waals surface area (Å²) >= 11 is 1.82. The van der Waals surface area contributed by atoms with Crippen molar-refractivity contribution in [3.05, 3.63) is 29.3 Å². The SMILES string of the molecule is CCC(C)NC(=O)CN1CCC(c2nc3ccccc3s2)CC1. The molecule has 0 aliphatic carbocycles. The zero-order chi connectivity index (χ0) is 16.2. The number of fused-ring (bicyclic) bond motifs is 1. The number of amides is 1. The quantitative estimate of drug-likeness (QED) is 0.913. The van der Waals surface area contributed by atoms with E-state index in [4.69, 9.17) is 4.98 Å². The van der Waals surface area contributed by atoms with Crippen molar-refractivity contribution in [3.8, 4) is 0 Å². The third-order valence-corrected chi connectivity index (χ3v) is 5.83. The standard InChI is InChI=1S/C18H25N3OS/c1-3-13(2)19-17(22)12-21-10-8-14(9-11-21)18-20-15-6-4-5-7-16(15)23-18/h4-7,13-14H,3,8-12H2,1-2H3,(H,19,22). The Balaban J connectivity index is 1.53. The summed E-state index contributed by atoms with van der Waals surface area (Å²) in [4.78, 5) is 19.0. The Hall–Kier alpha value is -1.46. The average molecular weight is 331 g/mol. The van der Waals surface area contributed by atoms with Crippen LogP contribution in [0.25, 0.3) is 10.2 Å². The maximum atomic E-state index is 12.0. The number of rotatable bonds is 5. The fraction of sp³-hybridized carbons (Fsp3) is 0.556.